The van der Waals surface area contributed by atoms with Gasteiger partial charge in [0.1, 0.15) is 6.10 Å². The van der Waals surface area contributed by atoms with Crippen LogP contribution in [0.1, 0.15) is 18.4 Å². The molecule has 8 heteroatoms. The van der Waals surface area contributed by atoms with Gasteiger partial charge >= 0.3 is 0 Å². The highest BCUT2D eigenvalue weighted by molar-refractivity contribution is 5.79. The second-order valence-electron chi connectivity index (χ2n) is 6.46. The molecular formula is C19H21N3O5. The lowest BCUT2D eigenvalue weighted by Crippen LogP contribution is -2.45. The number of likely N-dealkylation sites (tertiary alicyclic amines) is 1. The Balaban J connectivity index is 1.38. The van der Waals surface area contributed by atoms with Crippen LogP contribution in [-0.4, -0.2) is 53.9 Å². The molecule has 27 heavy (non-hydrogen) atoms. The topological polar surface area (TPSA) is 83.0 Å². The Hall–Kier alpha value is -3.03. The highest BCUT2D eigenvalue weighted by atomic mass is 16.7. The molecule has 3 heterocycles. The van der Waals surface area contributed by atoms with Gasteiger partial charge in [0.2, 0.25) is 12.7 Å². The van der Waals surface area contributed by atoms with E-state index in [2.05, 4.69) is 9.97 Å². The zero-order valence-electron chi connectivity index (χ0n) is 15.1. The van der Waals surface area contributed by atoms with E-state index in [9.17, 15) is 4.79 Å². The van der Waals surface area contributed by atoms with Gasteiger partial charge in [0.25, 0.3) is 11.8 Å². The van der Waals surface area contributed by atoms with Crippen molar-refractivity contribution in [2.24, 2.45) is 0 Å². The van der Waals surface area contributed by atoms with Gasteiger partial charge in [-0.25, -0.2) is 9.97 Å². The first-order valence-electron chi connectivity index (χ1n) is 8.91. The average Bonchev–Trinajstić information content (AvgIpc) is 3.16. The van der Waals surface area contributed by atoms with Crippen LogP contribution >= 0.6 is 0 Å². The van der Waals surface area contributed by atoms with Crippen LogP contribution in [-0.2, 0) is 11.2 Å². The van der Waals surface area contributed by atoms with Gasteiger partial charge in [0, 0.05) is 18.9 Å². The van der Waals surface area contributed by atoms with Gasteiger partial charge in [-0.15, -0.1) is 0 Å². The molecule has 0 radical (unpaired) electrons. The number of piperidine rings is 1. The molecule has 1 saturated heterocycles. The Kier molecular flexibility index (Phi) is 4.95. The normalized spacial score (nSPS) is 18.3. The number of carbonyl (C=O) groups excluding carboxylic acids is 1. The first-order chi connectivity index (χ1) is 13.2. The van der Waals surface area contributed by atoms with Gasteiger partial charge in [0.05, 0.1) is 20.1 Å². The molecule has 0 saturated carbocycles. The van der Waals surface area contributed by atoms with E-state index in [1.165, 1.54) is 7.11 Å². The molecule has 1 aromatic carbocycles. The van der Waals surface area contributed by atoms with Gasteiger partial charge in [-0.3, -0.25) is 4.79 Å². The summed E-state index contributed by atoms with van der Waals surface area (Å²) in [6.45, 7) is 1.47. The van der Waals surface area contributed by atoms with Crippen LogP contribution in [0.4, 0.5) is 0 Å². The number of nitrogens with zero attached hydrogens (tertiary/aromatic N) is 3. The summed E-state index contributed by atoms with van der Waals surface area (Å²) in [5.74, 6) is 2.18. The molecule has 1 amide bonds. The minimum Gasteiger partial charge on any atom is -0.477 e. The zero-order chi connectivity index (χ0) is 18.6. The van der Waals surface area contributed by atoms with Crippen LogP contribution < -0.4 is 18.9 Å². The smallest absolute Gasteiger partial charge is 0.278 e. The van der Waals surface area contributed by atoms with Crippen LogP contribution in [0.25, 0.3) is 0 Å². The van der Waals surface area contributed by atoms with Crippen LogP contribution in [0.3, 0.4) is 0 Å². The van der Waals surface area contributed by atoms with E-state index < -0.39 is 0 Å². The molecule has 1 fully saturated rings. The third-order valence-corrected chi connectivity index (χ3v) is 4.63. The Morgan fingerprint density at radius 2 is 2.04 bits per heavy atom. The van der Waals surface area contributed by atoms with E-state index >= 15 is 0 Å². The number of methoxy groups -OCH3 is 1. The highest BCUT2D eigenvalue weighted by Crippen LogP contribution is 2.32. The predicted octanol–water partition coefficient (Wildman–Crippen LogP) is 1.83. The summed E-state index contributed by atoms with van der Waals surface area (Å²) in [6.07, 6.45) is 5.02. The van der Waals surface area contributed by atoms with E-state index in [1.807, 2.05) is 23.1 Å². The Labute approximate surface area is 157 Å². The minimum atomic E-state index is -0.134. The van der Waals surface area contributed by atoms with Crippen molar-refractivity contribution in [1.29, 1.82) is 0 Å². The standard InChI is InChI=1S/C19H21N3O5/c1-24-18-19(21-7-6-20-18)27-14-3-2-8-22(11-14)17(23)10-13-4-5-15-16(9-13)26-12-25-15/h4-7,9,14H,2-3,8,10-12H2,1H3. The van der Waals surface area contributed by atoms with Gasteiger partial charge in [-0.1, -0.05) is 6.07 Å². The van der Waals surface area contributed by atoms with E-state index in [1.54, 1.807) is 12.4 Å². The lowest BCUT2D eigenvalue weighted by molar-refractivity contribution is -0.133. The molecular weight excluding hydrogens is 350 g/mol. The maximum atomic E-state index is 12.7. The van der Waals surface area contributed by atoms with Crippen LogP contribution in [0.5, 0.6) is 23.3 Å². The number of fused-ring (bicyclic) bond motifs is 1. The number of hydrogen-bond acceptors (Lipinski definition) is 7. The fourth-order valence-electron chi connectivity index (χ4n) is 3.29. The van der Waals surface area contributed by atoms with Crippen LogP contribution in [0.15, 0.2) is 30.6 Å². The third kappa shape index (κ3) is 3.89. The van der Waals surface area contributed by atoms with Gasteiger partial charge in [-0.05, 0) is 30.5 Å². The van der Waals surface area contributed by atoms with Crippen molar-refractivity contribution < 1.29 is 23.7 Å². The van der Waals surface area contributed by atoms with Gasteiger partial charge in [-0.2, -0.15) is 0 Å². The molecule has 2 aromatic rings. The molecule has 0 N–H and O–H groups in total. The quantitative estimate of drug-likeness (QED) is 0.793. The fraction of sp³-hybridized carbons (Fsp3) is 0.421. The van der Waals surface area contributed by atoms with E-state index in [0.717, 1.165) is 30.7 Å². The second kappa shape index (κ2) is 7.69. The Morgan fingerprint density at radius 1 is 1.22 bits per heavy atom. The largest absolute Gasteiger partial charge is 0.477 e. The summed E-state index contributed by atoms with van der Waals surface area (Å²) in [7, 11) is 1.53. The number of rotatable bonds is 5. The summed E-state index contributed by atoms with van der Waals surface area (Å²) in [4.78, 5) is 22.8. The highest BCUT2D eigenvalue weighted by Gasteiger charge is 2.26. The zero-order valence-corrected chi connectivity index (χ0v) is 15.1. The number of hydrogen-bond donors (Lipinski definition) is 0. The first-order valence-corrected chi connectivity index (χ1v) is 8.91. The maximum absolute atomic E-state index is 12.7. The van der Waals surface area contributed by atoms with Crippen LogP contribution in [0.2, 0.25) is 0 Å². The summed E-state index contributed by atoms with van der Waals surface area (Å²) in [5, 5.41) is 0. The van der Waals surface area contributed by atoms with Crippen molar-refractivity contribution in [2.75, 3.05) is 27.0 Å². The SMILES string of the molecule is COc1nccnc1OC1CCCN(C(=O)Cc2ccc3c(c2)OCO3)C1. The molecule has 0 bridgehead atoms. The molecule has 1 aromatic heterocycles. The van der Waals surface area contributed by atoms with Gasteiger partial charge in [0.15, 0.2) is 11.5 Å². The predicted molar refractivity (Wildman–Crippen MR) is 95.1 cm³/mol. The van der Waals surface area contributed by atoms with Crippen molar-refractivity contribution in [1.82, 2.24) is 14.9 Å². The van der Waals surface area contributed by atoms with E-state index in [-0.39, 0.29) is 18.8 Å². The monoisotopic (exact) mass is 371 g/mol. The van der Waals surface area contributed by atoms with Crippen molar-refractivity contribution >= 4 is 5.91 Å². The Bertz CT molecular complexity index is 829. The molecule has 8 nitrogen and oxygen atoms in total. The lowest BCUT2D eigenvalue weighted by atomic mass is 10.1. The molecule has 2 aliphatic heterocycles. The summed E-state index contributed by atoms with van der Waals surface area (Å²) in [6, 6.07) is 5.60. The number of amides is 1. The molecule has 142 valence electrons. The third-order valence-electron chi connectivity index (χ3n) is 4.63. The molecule has 2 aliphatic rings. The molecule has 4 rings (SSSR count). The maximum Gasteiger partial charge on any atom is 0.278 e. The minimum absolute atomic E-state index is 0.0632. The van der Waals surface area contributed by atoms with Crippen molar-refractivity contribution in [3.8, 4) is 23.3 Å². The number of benzene rings is 1. The van der Waals surface area contributed by atoms with Crippen LogP contribution in [0, 0.1) is 0 Å². The van der Waals surface area contributed by atoms with Crippen molar-refractivity contribution in [3.63, 3.8) is 0 Å². The average molecular weight is 371 g/mol. The van der Waals surface area contributed by atoms with E-state index in [4.69, 9.17) is 18.9 Å². The van der Waals surface area contributed by atoms with Crippen molar-refractivity contribution in [3.05, 3.63) is 36.2 Å². The number of aromatic nitrogens is 2. The van der Waals surface area contributed by atoms with Gasteiger partial charge < -0.3 is 23.8 Å². The summed E-state index contributed by atoms with van der Waals surface area (Å²) < 4.78 is 21.8. The Morgan fingerprint density at radius 3 is 2.89 bits per heavy atom. The van der Waals surface area contributed by atoms with E-state index in [0.29, 0.717) is 30.5 Å². The molecule has 0 spiro atoms. The second-order valence-corrected chi connectivity index (χ2v) is 6.46. The first kappa shape index (κ1) is 17.4. The number of ether oxygens (including phenoxy) is 4. The molecule has 0 aliphatic carbocycles. The fourth-order valence-corrected chi connectivity index (χ4v) is 3.29. The number of carbonyl (C=O) groups is 1. The lowest BCUT2D eigenvalue weighted by Gasteiger charge is -2.32. The summed E-state index contributed by atoms with van der Waals surface area (Å²) in [5.41, 5.74) is 0.905. The summed E-state index contributed by atoms with van der Waals surface area (Å²) >= 11 is 0. The van der Waals surface area contributed by atoms with Crippen molar-refractivity contribution in [2.45, 2.75) is 25.4 Å². The molecule has 1 unspecified atom stereocenters. The molecule has 1 atom stereocenters.